The predicted octanol–water partition coefficient (Wildman–Crippen LogP) is 4.29. The molecule has 1 aromatic rings. The number of hydrogen-bond donors (Lipinski definition) is 2. The van der Waals surface area contributed by atoms with Gasteiger partial charge in [0.2, 0.25) is 5.12 Å². The molecule has 0 radical (unpaired) electrons. The Morgan fingerprint density at radius 1 is 1.00 bits per heavy atom. The second-order valence-electron chi connectivity index (χ2n) is 8.34. The smallest absolute Gasteiger partial charge is 0.442 e. The maximum Gasteiger partial charge on any atom is 0.471 e. The van der Waals surface area contributed by atoms with E-state index in [4.69, 9.17) is 74.3 Å². The van der Waals surface area contributed by atoms with E-state index in [-0.39, 0.29) is 26.2 Å². The molecule has 0 spiro atoms. The minimum atomic E-state index is -5.05. The maximum atomic E-state index is 15.3. The van der Waals surface area contributed by atoms with Crippen LogP contribution in [-0.2, 0) is 14.3 Å². The van der Waals surface area contributed by atoms with Gasteiger partial charge in [0, 0.05) is 24.5 Å². The highest BCUT2D eigenvalue weighted by Crippen LogP contribution is 2.36. The molecule has 0 aliphatic carbocycles. The van der Waals surface area contributed by atoms with E-state index in [0.717, 1.165) is 4.90 Å². The Kier molecular flexibility index (Phi) is 10.1. The number of ether oxygens (including phenoxy) is 1. The molecule has 9 nitrogen and oxygen atoms in total. The number of carbonyl (C=O) groups excluding carboxylic acids is 3. The van der Waals surface area contributed by atoms with Crippen LogP contribution in [0.3, 0.4) is 0 Å². The van der Waals surface area contributed by atoms with Crippen molar-refractivity contribution >= 4 is 98.9 Å². The number of anilines is 2. The fraction of sp³-hybridized carbons (Fsp3) is 0.550. The zero-order chi connectivity index (χ0) is 29.3. The van der Waals surface area contributed by atoms with Crippen LogP contribution in [0.2, 0.25) is 0 Å². The van der Waals surface area contributed by atoms with E-state index in [9.17, 15) is 27.6 Å². The number of rotatable bonds is 7. The molecule has 2 saturated heterocycles. The van der Waals surface area contributed by atoms with Gasteiger partial charge < -0.3 is 20.3 Å². The van der Waals surface area contributed by atoms with Gasteiger partial charge in [-0.3, -0.25) is 14.5 Å². The molecule has 3 amide bonds. The van der Waals surface area contributed by atoms with Crippen molar-refractivity contribution in [1.29, 1.82) is 0 Å². The molecule has 0 aromatic heterocycles. The summed E-state index contributed by atoms with van der Waals surface area (Å²) < 4.78 is 54.9. The third kappa shape index (κ3) is 7.69. The van der Waals surface area contributed by atoms with Gasteiger partial charge in [0.05, 0.1) is 19.6 Å². The van der Waals surface area contributed by atoms with Gasteiger partial charge in [-0.2, -0.15) is 13.2 Å². The van der Waals surface area contributed by atoms with Crippen molar-refractivity contribution in [3.05, 3.63) is 24.3 Å². The molecule has 2 fully saturated rings. The summed E-state index contributed by atoms with van der Waals surface area (Å²) in [4.78, 5) is 37.6. The highest BCUT2D eigenvalue weighted by molar-refractivity contribution is 6.76. The Morgan fingerprint density at radius 3 is 2.10 bits per heavy atom. The predicted molar refractivity (Wildman–Crippen MR) is 139 cm³/mol. The summed E-state index contributed by atoms with van der Waals surface area (Å²) >= 11 is 34.9. The molecule has 3 rings (SSSR count). The molecule has 2 heterocycles. The van der Waals surface area contributed by atoms with E-state index in [1.54, 1.807) is 22.3 Å². The Bertz CT molecular complexity index is 1080. The van der Waals surface area contributed by atoms with E-state index >= 15 is 4.39 Å². The zero-order valence-corrected chi connectivity index (χ0v) is 23.9. The lowest BCUT2D eigenvalue weighted by molar-refractivity contribution is -0.173. The molecular weight excluding hydrogens is 663 g/mol. The monoisotopic (exact) mass is 679 g/mol. The van der Waals surface area contributed by atoms with Crippen molar-refractivity contribution in [1.82, 2.24) is 15.5 Å². The highest BCUT2D eigenvalue weighted by atomic mass is 35.6. The number of cyclic esters (lactones) is 1. The van der Waals surface area contributed by atoms with E-state index in [1.165, 1.54) is 17.0 Å². The quantitative estimate of drug-likeness (QED) is 0.254. The normalized spacial score (nSPS) is 22.5. The molecule has 3 atom stereocenters. The summed E-state index contributed by atoms with van der Waals surface area (Å²) in [6.07, 6.45) is -8.64. The third-order valence-electron chi connectivity index (χ3n) is 5.72. The molecule has 0 bridgehead atoms. The molecule has 2 aliphatic rings. The molecule has 19 heteroatoms. The molecule has 0 saturated carbocycles. The first-order chi connectivity index (χ1) is 17.9. The number of nitrogens with one attached hydrogen (secondary N) is 2. The summed E-state index contributed by atoms with van der Waals surface area (Å²) in [5.41, 5.74) is 0.923. The topological polar surface area (TPSA) is 94.2 Å². The van der Waals surface area contributed by atoms with Crippen molar-refractivity contribution in [2.75, 3.05) is 42.5 Å². The molecule has 2 N–H and O–H groups in total. The molecule has 1 aromatic carbocycles. The van der Waals surface area contributed by atoms with Crippen LogP contribution >= 0.6 is 69.6 Å². The van der Waals surface area contributed by atoms with Gasteiger partial charge in [0.1, 0.15) is 6.10 Å². The Hall–Kier alpha value is -1.35. The van der Waals surface area contributed by atoms with E-state index in [1.807, 2.05) is 0 Å². The standard InChI is InChI=1S/C20H19Cl6F4N5O4/c21-14(22)19(26,32-15(36)18(23,24)25)35-6-5-33(9-13(35)27)10-1-3-11(4-2-10)34-8-12(39-17(34)38)7-31-16(37)20(28,29)30/h1-4,12-14H,5-9H2,(H,31,37)(H,32,36)/t12?,13?,19-/m0/s1. The van der Waals surface area contributed by atoms with Crippen LogP contribution in [0.15, 0.2) is 24.3 Å². The summed E-state index contributed by atoms with van der Waals surface area (Å²) in [7, 11) is 0. The second-order valence-corrected chi connectivity index (χ2v) is 12.3. The van der Waals surface area contributed by atoms with E-state index < -0.39 is 56.8 Å². The van der Waals surface area contributed by atoms with Gasteiger partial charge in [-0.15, -0.1) is 0 Å². The van der Waals surface area contributed by atoms with Crippen LogP contribution in [0, 0.1) is 0 Å². The minimum Gasteiger partial charge on any atom is -0.442 e. The number of alkyl halides is 10. The molecule has 218 valence electrons. The van der Waals surface area contributed by atoms with Crippen molar-refractivity contribution in [3.63, 3.8) is 0 Å². The van der Waals surface area contributed by atoms with E-state index in [2.05, 4.69) is 5.32 Å². The highest BCUT2D eigenvalue weighted by Gasteiger charge is 2.50. The van der Waals surface area contributed by atoms with Gasteiger partial charge in [0.25, 0.3) is 9.70 Å². The number of halogens is 10. The van der Waals surface area contributed by atoms with Gasteiger partial charge in [0.15, 0.2) is 11.1 Å². The van der Waals surface area contributed by atoms with Crippen molar-refractivity contribution in [2.24, 2.45) is 0 Å². The number of piperazine rings is 1. The van der Waals surface area contributed by atoms with Crippen LogP contribution in [-0.4, -0.2) is 87.9 Å². The number of amides is 3. The summed E-state index contributed by atoms with van der Waals surface area (Å²) in [5.74, 6) is -3.30. The summed E-state index contributed by atoms with van der Waals surface area (Å²) in [6, 6.07) is 6.25. The SMILES string of the molecule is O=C1OC(CNC(=O)C(F)(F)F)CN1c1ccc(N2CCN([C@@](Cl)(NC(=O)C(Cl)(Cl)Cl)C(Cl)Cl)C(F)C2)cc1. The van der Waals surface area contributed by atoms with Crippen molar-refractivity contribution in [3.8, 4) is 0 Å². The molecule has 2 unspecified atom stereocenters. The number of carbonyl (C=O) groups is 3. The van der Waals surface area contributed by atoms with E-state index in [0.29, 0.717) is 11.4 Å². The third-order valence-corrected chi connectivity index (χ3v) is 7.62. The first-order valence-corrected chi connectivity index (χ1v) is 13.3. The number of nitrogens with zero attached hydrogens (tertiary/aromatic N) is 3. The fourth-order valence-corrected chi connectivity index (χ4v) is 4.59. The Labute approximate surface area is 249 Å². The minimum absolute atomic E-state index is 0.0632. The van der Waals surface area contributed by atoms with Crippen molar-refractivity contribution in [2.45, 2.75) is 32.3 Å². The van der Waals surface area contributed by atoms with Gasteiger partial charge in [-0.05, 0) is 24.3 Å². The lowest BCUT2D eigenvalue weighted by atomic mass is 10.2. The fourth-order valence-electron chi connectivity index (χ4n) is 3.81. The van der Waals surface area contributed by atoms with Gasteiger partial charge in [-0.25, -0.2) is 14.1 Å². The molecule has 39 heavy (non-hydrogen) atoms. The van der Waals surface area contributed by atoms with Crippen LogP contribution in [0.1, 0.15) is 0 Å². The number of hydrogen-bond acceptors (Lipinski definition) is 6. The molecular formula is C20H19Cl6F4N5O4. The zero-order valence-electron chi connectivity index (χ0n) is 19.3. The Balaban J connectivity index is 1.62. The molecule has 2 aliphatic heterocycles. The van der Waals surface area contributed by atoms with Crippen LogP contribution < -0.4 is 20.4 Å². The Morgan fingerprint density at radius 2 is 1.59 bits per heavy atom. The number of benzene rings is 1. The lowest BCUT2D eigenvalue weighted by Crippen LogP contribution is -2.68. The lowest BCUT2D eigenvalue weighted by Gasteiger charge is -2.47. The average Bonchev–Trinajstić information content (AvgIpc) is 3.21. The summed E-state index contributed by atoms with van der Waals surface area (Å²) in [6.45, 7) is -0.712. The summed E-state index contributed by atoms with van der Waals surface area (Å²) in [5, 5.41) is 1.70. The second kappa shape index (κ2) is 12.3. The van der Waals surface area contributed by atoms with Crippen LogP contribution in [0.4, 0.5) is 33.7 Å². The van der Waals surface area contributed by atoms with Crippen molar-refractivity contribution < 1.29 is 36.7 Å². The largest absolute Gasteiger partial charge is 0.471 e. The maximum absolute atomic E-state index is 15.3. The first kappa shape index (κ1) is 32.2. The van der Waals surface area contributed by atoms with Crippen LogP contribution in [0.5, 0.6) is 0 Å². The first-order valence-electron chi connectivity index (χ1n) is 10.9. The van der Waals surface area contributed by atoms with Crippen LogP contribution in [0.25, 0.3) is 0 Å². The van der Waals surface area contributed by atoms with Gasteiger partial charge >= 0.3 is 18.2 Å². The average molecular weight is 682 g/mol. The van der Waals surface area contributed by atoms with Gasteiger partial charge in [-0.1, -0.05) is 69.6 Å².